The molecule has 1 fully saturated rings. The Morgan fingerprint density at radius 2 is 1.78 bits per heavy atom. The lowest BCUT2D eigenvalue weighted by Gasteiger charge is -2.37. The van der Waals surface area contributed by atoms with Gasteiger partial charge in [0.05, 0.1) is 21.8 Å². The fourth-order valence-corrected chi connectivity index (χ4v) is 3.39. The van der Waals surface area contributed by atoms with Crippen molar-refractivity contribution in [2.24, 2.45) is 0 Å². The quantitative estimate of drug-likeness (QED) is 0.563. The van der Waals surface area contributed by atoms with Crippen molar-refractivity contribution in [3.63, 3.8) is 0 Å². The zero-order valence-corrected chi connectivity index (χ0v) is 15.1. The lowest BCUT2D eigenvalue weighted by molar-refractivity contribution is -0.137. The third-order valence-electron chi connectivity index (χ3n) is 4.41. The number of hydrogen-bond donors (Lipinski definition) is 0. The number of rotatable bonds is 3. The SMILES string of the molecule is CC(=O)c1c(F)cccc1N1CCN(c2ncc(C(F)(F)F)cc2Cl)CC1. The number of halogens is 5. The van der Waals surface area contributed by atoms with Gasteiger partial charge in [0.2, 0.25) is 0 Å². The highest BCUT2D eigenvalue weighted by Gasteiger charge is 2.32. The molecule has 1 aromatic carbocycles. The number of Topliss-reactive ketones (excluding diaryl/α,β-unsaturated/α-hetero) is 1. The van der Waals surface area contributed by atoms with Gasteiger partial charge in [-0.05, 0) is 25.1 Å². The van der Waals surface area contributed by atoms with E-state index in [2.05, 4.69) is 4.98 Å². The van der Waals surface area contributed by atoms with E-state index in [-0.39, 0.29) is 22.2 Å². The summed E-state index contributed by atoms with van der Waals surface area (Å²) in [6.45, 7) is 3.05. The van der Waals surface area contributed by atoms with Crippen LogP contribution >= 0.6 is 11.6 Å². The van der Waals surface area contributed by atoms with Gasteiger partial charge in [0.25, 0.3) is 0 Å². The van der Waals surface area contributed by atoms with Crippen LogP contribution in [0.15, 0.2) is 30.5 Å². The van der Waals surface area contributed by atoms with E-state index in [0.717, 1.165) is 12.3 Å². The van der Waals surface area contributed by atoms with Crippen molar-refractivity contribution >= 4 is 28.9 Å². The molecule has 0 saturated carbocycles. The van der Waals surface area contributed by atoms with Crippen molar-refractivity contribution in [1.29, 1.82) is 0 Å². The Morgan fingerprint density at radius 1 is 1.15 bits per heavy atom. The van der Waals surface area contributed by atoms with Crippen molar-refractivity contribution < 1.29 is 22.4 Å². The lowest BCUT2D eigenvalue weighted by atomic mass is 10.1. The van der Waals surface area contributed by atoms with Gasteiger partial charge in [-0.25, -0.2) is 9.37 Å². The number of benzene rings is 1. The van der Waals surface area contributed by atoms with Crippen LogP contribution in [0.25, 0.3) is 0 Å². The zero-order valence-electron chi connectivity index (χ0n) is 14.4. The Kier molecular flexibility index (Phi) is 5.28. The number of anilines is 2. The van der Waals surface area contributed by atoms with Gasteiger partial charge in [0.1, 0.15) is 11.6 Å². The molecule has 1 aromatic heterocycles. The standard InChI is InChI=1S/C18H16ClF4N3O/c1-11(27)16-14(20)3-2-4-15(16)25-5-7-26(8-6-25)17-13(19)9-12(10-24-17)18(21,22)23/h2-4,9-10H,5-8H2,1H3. The average Bonchev–Trinajstić information content (AvgIpc) is 2.60. The number of alkyl halides is 3. The van der Waals surface area contributed by atoms with Crippen LogP contribution in [0.3, 0.4) is 0 Å². The molecule has 0 aliphatic carbocycles. The molecule has 3 rings (SSSR count). The summed E-state index contributed by atoms with van der Waals surface area (Å²) in [5.74, 6) is -0.664. The van der Waals surface area contributed by atoms with Crippen LogP contribution in [-0.4, -0.2) is 36.9 Å². The highest BCUT2D eigenvalue weighted by Crippen LogP contribution is 2.34. The molecule has 27 heavy (non-hydrogen) atoms. The summed E-state index contributed by atoms with van der Waals surface area (Å²) >= 11 is 6.00. The first-order valence-corrected chi connectivity index (χ1v) is 8.58. The van der Waals surface area contributed by atoms with Crippen LogP contribution in [0.1, 0.15) is 22.8 Å². The molecule has 0 N–H and O–H groups in total. The summed E-state index contributed by atoms with van der Waals surface area (Å²) in [5, 5.41) is -0.0755. The summed E-state index contributed by atoms with van der Waals surface area (Å²) in [4.78, 5) is 19.3. The Hall–Kier alpha value is -2.35. The molecule has 1 aliphatic rings. The third-order valence-corrected chi connectivity index (χ3v) is 4.69. The predicted octanol–water partition coefficient (Wildman–Crippen LogP) is 4.42. The van der Waals surface area contributed by atoms with Gasteiger partial charge in [-0.1, -0.05) is 17.7 Å². The summed E-state index contributed by atoms with van der Waals surface area (Å²) in [5.41, 5.74) is -0.356. The molecular weight excluding hydrogens is 386 g/mol. The number of carbonyl (C=O) groups is 1. The zero-order chi connectivity index (χ0) is 19.8. The van der Waals surface area contributed by atoms with Gasteiger partial charge in [-0.15, -0.1) is 0 Å². The maximum Gasteiger partial charge on any atom is 0.417 e. The maximum absolute atomic E-state index is 14.0. The molecule has 2 heterocycles. The van der Waals surface area contributed by atoms with Crippen LogP contribution in [0.2, 0.25) is 5.02 Å². The van der Waals surface area contributed by atoms with Gasteiger partial charge in [-0.2, -0.15) is 13.2 Å². The van der Waals surface area contributed by atoms with E-state index in [9.17, 15) is 22.4 Å². The molecular formula is C18H16ClF4N3O. The minimum absolute atomic E-state index is 0.0386. The van der Waals surface area contributed by atoms with E-state index in [1.807, 2.05) is 4.90 Å². The maximum atomic E-state index is 14.0. The molecule has 0 atom stereocenters. The fourth-order valence-electron chi connectivity index (χ4n) is 3.10. The molecule has 1 aliphatic heterocycles. The van der Waals surface area contributed by atoms with Crippen molar-refractivity contribution in [3.8, 4) is 0 Å². The highest BCUT2D eigenvalue weighted by molar-refractivity contribution is 6.33. The second-order valence-electron chi connectivity index (χ2n) is 6.19. The molecule has 4 nitrogen and oxygen atoms in total. The molecule has 0 amide bonds. The second-order valence-corrected chi connectivity index (χ2v) is 6.60. The number of aromatic nitrogens is 1. The molecule has 0 radical (unpaired) electrons. The van der Waals surface area contributed by atoms with E-state index in [0.29, 0.717) is 31.9 Å². The number of ketones is 1. The second kappa shape index (κ2) is 7.34. The summed E-state index contributed by atoms with van der Waals surface area (Å²) in [6, 6.07) is 5.32. The van der Waals surface area contributed by atoms with Gasteiger partial charge >= 0.3 is 6.18 Å². The van der Waals surface area contributed by atoms with Crippen LogP contribution in [0.5, 0.6) is 0 Å². The fraction of sp³-hybridized carbons (Fsp3) is 0.333. The molecule has 144 valence electrons. The van der Waals surface area contributed by atoms with Crippen LogP contribution in [-0.2, 0) is 6.18 Å². The molecule has 1 saturated heterocycles. The highest BCUT2D eigenvalue weighted by atomic mass is 35.5. The van der Waals surface area contributed by atoms with Crippen molar-refractivity contribution in [1.82, 2.24) is 4.98 Å². The van der Waals surface area contributed by atoms with Gasteiger partial charge in [0.15, 0.2) is 5.78 Å². The monoisotopic (exact) mass is 401 g/mol. The summed E-state index contributed by atoms with van der Waals surface area (Å²) < 4.78 is 52.2. The van der Waals surface area contributed by atoms with E-state index >= 15 is 0 Å². The van der Waals surface area contributed by atoms with Crippen molar-refractivity contribution in [2.45, 2.75) is 13.1 Å². The number of carbonyl (C=O) groups excluding carboxylic acids is 1. The lowest BCUT2D eigenvalue weighted by Crippen LogP contribution is -2.47. The minimum Gasteiger partial charge on any atom is -0.367 e. The van der Waals surface area contributed by atoms with Gasteiger partial charge in [0, 0.05) is 32.4 Å². The van der Waals surface area contributed by atoms with E-state index in [1.54, 1.807) is 11.0 Å². The Morgan fingerprint density at radius 3 is 2.33 bits per heavy atom. The van der Waals surface area contributed by atoms with E-state index in [4.69, 9.17) is 11.6 Å². The van der Waals surface area contributed by atoms with Gasteiger partial charge < -0.3 is 9.80 Å². The first-order valence-electron chi connectivity index (χ1n) is 8.20. The predicted molar refractivity (Wildman–Crippen MR) is 95.1 cm³/mol. The first kappa shape index (κ1) is 19.4. The Balaban J connectivity index is 1.77. The Labute approximate surface area is 158 Å². The summed E-state index contributed by atoms with van der Waals surface area (Å²) in [6.07, 6.45) is -3.75. The van der Waals surface area contributed by atoms with E-state index in [1.165, 1.54) is 19.1 Å². The molecule has 0 bridgehead atoms. The number of hydrogen-bond acceptors (Lipinski definition) is 4. The number of nitrogens with zero attached hydrogens (tertiary/aromatic N) is 3. The van der Waals surface area contributed by atoms with Crippen LogP contribution < -0.4 is 9.80 Å². The normalized spacial score (nSPS) is 15.2. The largest absolute Gasteiger partial charge is 0.417 e. The van der Waals surface area contributed by atoms with E-state index < -0.39 is 17.6 Å². The minimum atomic E-state index is -4.51. The first-order chi connectivity index (χ1) is 12.7. The average molecular weight is 402 g/mol. The van der Waals surface area contributed by atoms with Crippen LogP contribution in [0, 0.1) is 5.82 Å². The van der Waals surface area contributed by atoms with Gasteiger partial charge in [-0.3, -0.25) is 4.79 Å². The summed E-state index contributed by atoms with van der Waals surface area (Å²) in [7, 11) is 0. The molecule has 0 spiro atoms. The van der Waals surface area contributed by atoms with Crippen LogP contribution in [0.4, 0.5) is 29.1 Å². The topological polar surface area (TPSA) is 36.4 Å². The van der Waals surface area contributed by atoms with Crippen molar-refractivity contribution in [3.05, 3.63) is 52.4 Å². The number of piperazine rings is 1. The molecule has 0 unspecified atom stereocenters. The molecule has 9 heteroatoms. The molecule has 2 aromatic rings. The number of pyridine rings is 1. The smallest absolute Gasteiger partial charge is 0.367 e. The third kappa shape index (κ3) is 4.00. The Bertz CT molecular complexity index is 864. The van der Waals surface area contributed by atoms with Crippen molar-refractivity contribution in [2.75, 3.05) is 36.0 Å².